The van der Waals surface area contributed by atoms with Gasteiger partial charge in [-0.3, -0.25) is 9.88 Å². The van der Waals surface area contributed by atoms with Gasteiger partial charge >= 0.3 is 0 Å². The second-order valence-corrected chi connectivity index (χ2v) is 6.14. The van der Waals surface area contributed by atoms with Crippen LogP contribution in [0.1, 0.15) is 33.4 Å². The third kappa shape index (κ3) is 3.48. The Hall–Kier alpha value is -1.61. The molecule has 2 aromatic rings. The first kappa shape index (κ1) is 14.8. The van der Waals surface area contributed by atoms with E-state index < -0.39 is 0 Å². The summed E-state index contributed by atoms with van der Waals surface area (Å²) < 4.78 is 0. The fourth-order valence-electron chi connectivity index (χ4n) is 2.48. The van der Waals surface area contributed by atoms with Crippen molar-refractivity contribution in [1.29, 1.82) is 0 Å². The predicted molar refractivity (Wildman–Crippen MR) is 86.5 cm³/mol. The molecular weight excluding hydrogens is 246 g/mol. The monoisotopic (exact) mass is 271 g/mol. The molecule has 2 rings (SSSR count). The van der Waals surface area contributed by atoms with Crippen molar-refractivity contribution in [2.45, 2.75) is 40.3 Å². The van der Waals surface area contributed by atoms with Gasteiger partial charge in [-0.1, -0.05) is 32.0 Å². The van der Waals surface area contributed by atoms with Crippen LogP contribution in [-0.4, -0.2) is 22.5 Å². The molecule has 0 fully saturated rings. The average Bonchev–Trinajstić information content (AvgIpc) is 2.37. The molecule has 2 N–H and O–H groups in total. The Morgan fingerprint density at radius 1 is 1.15 bits per heavy atom. The smallest absolute Gasteiger partial charge is 0.0726 e. The summed E-state index contributed by atoms with van der Waals surface area (Å²) in [6.45, 7) is 10.9. The zero-order chi connectivity index (χ0) is 14.7. The number of benzene rings is 1. The van der Waals surface area contributed by atoms with Crippen molar-refractivity contribution in [1.82, 2.24) is 9.88 Å². The van der Waals surface area contributed by atoms with E-state index in [1.807, 2.05) is 30.3 Å². The molecule has 0 saturated carbocycles. The summed E-state index contributed by atoms with van der Waals surface area (Å²) in [6, 6.07) is 10.6. The van der Waals surface area contributed by atoms with Gasteiger partial charge in [0, 0.05) is 30.2 Å². The topological polar surface area (TPSA) is 42.1 Å². The van der Waals surface area contributed by atoms with Gasteiger partial charge in [-0.25, -0.2) is 0 Å². The van der Waals surface area contributed by atoms with E-state index in [2.05, 4.69) is 32.6 Å². The highest BCUT2D eigenvalue weighted by atomic mass is 15.2. The number of aromatic nitrogens is 1. The first-order valence-corrected chi connectivity index (χ1v) is 7.35. The number of anilines is 1. The maximum atomic E-state index is 6.15. The van der Waals surface area contributed by atoms with E-state index in [1.165, 1.54) is 0 Å². The molecule has 0 atom stereocenters. The number of fused-ring (bicyclic) bond motifs is 1. The Bertz CT molecular complexity index is 575. The molecule has 0 saturated heterocycles. The predicted octanol–water partition coefficient (Wildman–Crippen LogP) is 3.68. The van der Waals surface area contributed by atoms with Crippen LogP contribution >= 0.6 is 0 Å². The van der Waals surface area contributed by atoms with Gasteiger partial charge in [0.2, 0.25) is 0 Å². The van der Waals surface area contributed by atoms with Crippen LogP contribution in [0.5, 0.6) is 0 Å². The summed E-state index contributed by atoms with van der Waals surface area (Å²) in [5.74, 6) is 0.648. The minimum atomic E-state index is 0.506. The summed E-state index contributed by atoms with van der Waals surface area (Å²) in [7, 11) is 0. The number of nitrogens with two attached hydrogens (primary N) is 1. The third-order valence-electron chi connectivity index (χ3n) is 3.50. The van der Waals surface area contributed by atoms with Gasteiger partial charge in [0.05, 0.1) is 11.2 Å². The molecule has 0 radical (unpaired) electrons. The van der Waals surface area contributed by atoms with E-state index >= 15 is 0 Å². The number of nitrogens with zero attached hydrogens (tertiary/aromatic N) is 2. The Labute approximate surface area is 121 Å². The summed E-state index contributed by atoms with van der Waals surface area (Å²) in [6.07, 6.45) is 0. The molecule has 0 unspecified atom stereocenters. The first-order chi connectivity index (χ1) is 9.47. The molecule has 0 amide bonds. The van der Waals surface area contributed by atoms with Crippen molar-refractivity contribution in [3.8, 4) is 0 Å². The van der Waals surface area contributed by atoms with Gasteiger partial charge in [0.1, 0.15) is 0 Å². The van der Waals surface area contributed by atoms with Crippen molar-refractivity contribution >= 4 is 16.6 Å². The lowest BCUT2D eigenvalue weighted by atomic mass is 10.1. The van der Waals surface area contributed by atoms with Crippen LogP contribution in [-0.2, 0) is 6.54 Å². The molecule has 0 spiro atoms. The molecule has 3 heteroatoms. The lowest BCUT2D eigenvalue weighted by molar-refractivity contribution is 0.187. The summed E-state index contributed by atoms with van der Waals surface area (Å²) in [4.78, 5) is 7.19. The lowest BCUT2D eigenvalue weighted by Gasteiger charge is -2.28. The molecule has 0 aliphatic carbocycles. The highest BCUT2D eigenvalue weighted by molar-refractivity contribution is 5.90. The molecule has 1 aromatic heterocycles. The quantitative estimate of drug-likeness (QED) is 0.902. The van der Waals surface area contributed by atoms with E-state index in [1.54, 1.807) is 0 Å². The Morgan fingerprint density at radius 3 is 2.50 bits per heavy atom. The Kier molecular flexibility index (Phi) is 4.61. The number of pyridine rings is 1. The largest absolute Gasteiger partial charge is 0.398 e. The van der Waals surface area contributed by atoms with Crippen LogP contribution in [0.2, 0.25) is 0 Å². The van der Waals surface area contributed by atoms with Gasteiger partial charge in [0.15, 0.2) is 0 Å². The van der Waals surface area contributed by atoms with Crippen LogP contribution in [0.3, 0.4) is 0 Å². The van der Waals surface area contributed by atoms with E-state index in [0.29, 0.717) is 12.0 Å². The molecule has 1 aromatic carbocycles. The van der Waals surface area contributed by atoms with Gasteiger partial charge in [0.25, 0.3) is 0 Å². The second-order valence-electron chi connectivity index (χ2n) is 6.14. The molecule has 0 bridgehead atoms. The zero-order valence-corrected chi connectivity index (χ0v) is 12.9. The molecular formula is C17H25N3. The first-order valence-electron chi connectivity index (χ1n) is 7.35. The maximum Gasteiger partial charge on any atom is 0.0726 e. The van der Waals surface area contributed by atoms with Crippen molar-refractivity contribution in [3.63, 3.8) is 0 Å². The van der Waals surface area contributed by atoms with Gasteiger partial charge < -0.3 is 5.73 Å². The number of hydrogen-bond donors (Lipinski definition) is 1. The van der Waals surface area contributed by atoms with Crippen molar-refractivity contribution < 1.29 is 0 Å². The van der Waals surface area contributed by atoms with Crippen LogP contribution in [0.15, 0.2) is 30.3 Å². The van der Waals surface area contributed by atoms with Crippen molar-refractivity contribution in [2.24, 2.45) is 5.92 Å². The number of hydrogen-bond acceptors (Lipinski definition) is 3. The highest BCUT2D eigenvalue weighted by Gasteiger charge is 2.13. The molecule has 1 heterocycles. The molecule has 3 nitrogen and oxygen atoms in total. The summed E-state index contributed by atoms with van der Waals surface area (Å²) >= 11 is 0. The van der Waals surface area contributed by atoms with E-state index in [0.717, 1.165) is 35.4 Å². The van der Waals surface area contributed by atoms with Crippen molar-refractivity contribution in [2.75, 3.05) is 12.3 Å². The molecule has 108 valence electrons. The molecule has 20 heavy (non-hydrogen) atoms. The van der Waals surface area contributed by atoms with Gasteiger partial charge in [-0.15, -0.1) is 0 Å². The summed E-state index contributed by atoms with van der Waals surface area (Å²) in [5, 5.41) is 1.04. The average molecular weight is 271 g/mol. The minimum absolute atomic E-state index is 0.506. The van der Waals surface area contributed by atoms with Crippen molar-refractivity contribution in [3.05, 3.63) is 36.0 Å². The molecule has 0 aliphatic rings. The normalized spacial score (nSPS) is 11.9. The minimum Gasteiger partial charge on any atom is -0.398 e. The highest BCUT2D eigenvalue weighted by Crippen LogP contribution is 2.21. The fraction of sp³-hybridized carbons (Fsp3) is 0.471. The standard InChI is InChI=1S/C17H25N3/c1-12(2)10-20(13(3)4)11-14-9-16(18)15-7-5-6-8-17(15)19-14/h5-9,12-13H,10-11H2,1-4H3,(H2,18,19). The van der Waals surface area contributed by atoms with Crippen LogP contribution in [0.4, 0.5) is 5.69 Å². The number of nitrogen functional groups attached to an aromatic ring is 1. The van der Waals surface area contributed by atoms with E-state index in [-0.39, 0.29) is 0 Å². The number of rotatable bonds is 5. The van der Waals surface area contributed by atoms with Gasteiger partial charge in [-0.2, -0.15) is 0 Å². The third-order valence-corrected chi connectivity index (χ3v) is 3.50. The zero-order valence-electron chi connectivity index (χ0n) is 12.9. The van der Waals surface area contributed by atoms with Crippen LogP contribution in [0, 0.1) is 5.92 Å². The maximum absolute atomic E-state index is 6.15. The van der Waals surface area contributed by atoms with Crippen LogP contribution in [0.25, 0.3) is 10.9 Å². The summed E-state index contributed by atoms with van der Waals surface area (Å²) in [5.41, 5.74) is 9.00. The Morgan fingerprint density at radius 2 is 1.85 bits per heavy atom. The lowest BCUT2D eigenvalue weighted by Crippen LogP contribution is -2.33. The van der Waals surface area contributed by atoms with Gasteiger partial charge in [-0.05, 0) is 31.9 Å². The van der Waals surface area contributed by atoms with E-state index in [9.17, 15) is 0 Å². The second kappa shape index (κ2) is 6.23. The SMILES string of the molecule is CC(C)CN(Cc1cc(N)c2ccccc2n1)C(C)C. The number of para-hydroxylation sites is 1. The Balaban J connectivity index is 2.28. The van der Waals surface area contributed by atoms with Crippen LogP contribution < -0.4 is 5.73 Å². The fourth-order valence-corrected chi connectivity index (χ4v) is 2.48. The van der Waals surface area contributed by atoms with E-state index in [4.69, 9.17) is 10.7 Å². The molecule has 0 aliphatic heterocycles.